The van der Waals surface area contributed by atoms with Crippen LogP contribution in [-0.2, 0) is 16.1 Å². The normalized spacial score (nSPS) is 24.3. The van der Waals surface area contributed by atoms with E-state index in [9.17, 15) is 9.59 Å². The Morgan fingerprint density at radius 3 is 3.05 bits per heavy atom. The molecule has 1 amide bonds. The SMILES string of the molecule is O=C(O)C1=CS[C@@H]2C(=Cc3cn4c(n3)SCCC4)C(=O)N12.[NaH]. The second kappa shape index (κ2) is 6.09. The Bertz CT molecular complexity index is 705. The molecule has 4 heterocycles. The summed E-state index contributed by atoms with van der Waals surface area (Å²) in [7, 11) is 0. The van der Waals surface area contributed by atoms with Crippen molar-refractivity contribution < 1.29 is 14.7 Å². The molecule has 1 N–H and O–H groups in total. The number of carbonyl (C=O) groups excluding carboxylic acids is 1. The van der Waals surface area contributed by atoms with Gasteiger partial charge in [-0.05, 0) is 12.5 Å². The maximum absolute atomic E-state index is 12.1. The molecule has 1 aromatic rings. The fourth-order valence-electron chi connectivity index (χ4n) is 2.59. The molecule has 1 saturated heterocycles. The third-order valence-corrected chi connectivity index (χ3v) is 5.75. The number of β-lactam (4-membered cyclic amide) rings is 1. The summed E-state index contributed by atoms with van der Waals surface area (Å²) in [4.78, 5) is 29.0. The molecule has 0 bridgehead atoms. The van der Waals surface area contributed by atoms with Crippen LogP contribution in [0.4, 0.5) is 0 Å². The van der Waals surface area contributed by atoms with Crippen molar-refractivity contribution in [2.75, 3.05) is 5.75 Å². The van der Waals surface area contributed by atoms with Crippen molar-refractivity contribution in [1.29, 1.82) is 0 Å². The first-order valence-electron chi connectivity index (χ1n) is 6.49. The van der Waals surface area contributed by atoms with Crippen LogP contribution in [0.1, 0.15) is 12.1 Å². The van der Waals surface area contributed by atoms with E-state index < -0.39 is 5.97 Å². The fraction of sp³-hybridized carbons (Fsp3) is 0.308. The standard InChI is InChI=1S/C13H11N3O3S2.Na.H/c17-10-8(11-16(10)9(6-21-11)12(18)19)4-7-5-15-2-1-3-20-13(15)14-7;;/h4-6,11H,1-3H2,(H,18,19);;/t11-;;/m1../s1. The molecule has 0 saturated carbocycles. The second-order valence-electron chi connectivity index (χ2n) is 4.92. The molecule has 1 atom stereocenters. The molecule has 0 aromatic carbocycles. The predicted octanol–water partition coefficient (Wildman–Crippen LogP) is 0.955. The number of rotatable bonds is 2. The van der Waals surface area contributed by atoms with Gasteiger partial charge < -0.3 is 9.67 Å². The zero-order valence-electron chi connectivity index (χ0n) is 10.9. The number of nitrogens with zero attached hydrogens (tertiary/aromatic N) is 3. The summed E-state index contributed by atoms with van der Waals surface area (Å²) in [5, 5.41) is 11.3. The van der Waals surface area contributed by atoms with Crippen LogP contribution >= 0.6 is 23.5 Å². The Morgan fingerprint density at radius 1 is 1.50 bits per heavy atom. The molecule has 9 heteroatoms. The van der Waals surface area contributed by atoms with E-state index in [2.05, 4.69) is 9.55 Å². The number of fused-ring (bicyclic) bond motifs is 2. The number of aromatic nitrogens is 2. The predicted molar refractivity (Wildman–Crippen MR) is 86.6 cm³/mol. The first-order valence-corrected chi connectivity index (χ1v) is 8.42. The Hall–Kier alpha value is -0.670. The van der Waals surface area contributed by atoms with Gasteiger partial charge in [0.05, 0.1) is 11.3 Å². The molecule has 0 spiro atoms. The van der Waals surface area contributed by atoms with Crippen molar-refractivity contribution in [3.8, 4) is 0 Å². The van der Waals surface area contributed by atoms with Crippen LogP contribution in [0, 0.1) is 0 Å². The Labute approximate surface area is 157 Å². The van der Waals surface area contributed by atoms with Crippen molar-refractivity contribution in [3.05, 3.63) is 28.6 Å². The van der Waals surface area contributed by atoms with E-state index in [0.29, 0.717) is 5.57 Å². The van der Waals surface area contributed by atoms with Crippen LogP contribution in [-0.4, -0.2) is 72.1 Å². The topological polar surface area (TPSA) is 75.4 Å². The van der Waals surface area contributed by atoms with Crippen LogP contribution in [0.5, 0.6) is 0 Å². The van der Waals surface area contributed by atoms with Crippen molar-refractivity contribution in [3.63, 3.8) is 0 Å². The van der Waals surface area contributed by atoms with Gasteiger partial charge in [0.25, 0.3) is 5.91 Å². The molecule has 1 fully saturated rings. The summed E-state index contributed by atoms with van der Waals surface area (Å²) in [6.07, 6.45) is 4.86. The molecule has 22 heavy (non-hydrogen) atoms. The first-order chi connectivity index (χ1) is 10.1. The fourth-order valence-corrected chi connectivity index (χ4v) is 4.64. The van der Waals surface area contributed by atoms with E-state index in [0.717, 1.165) is 29.6 Å². The molecule has 0 unspecified atom stereocenters. The van der Waals surface area contributed by atoms with Gasteiger partial charge in [0.2, 0.25) is 0 Å². The van der Waals surface area contributed by atoms with Gasteiger partial charge in [-0.25, -0.2) is 9.78 Å². The van der Waals surface area contributed by atoms with Gasteiger partial charge in [0.15, 0.2) is 5.16 Å². The molecule has 0 aliphatic carbocycles. The molecule has 0 radical (unpaired) electrons. The number of carboxylic acids is 1. The number of hydrogen-bond acceptors (Lipinski definition) is 5. The van der Waals surface area contributed by atoms with Gasteiger partial charge in [0, 0.05) is 23.9 Å². The zero-order valence-corrected chi connectivity index (χ0v) is 12.5. The van der Waals surface area contributed by atoms with Gasteiger partial charge >= 0.3 is 35.5 Å². The minimum atomic E-state index is -1.06. The molecular weight excluding hydrogens is 333 g/mol. The summed E-state index contributed by atoms with van der Waals surface area (Å²) in [6, 6.07) is 0. The third kappa shape index (κ3) is 2.46. The molecular formula is C13H12N3NaO3S2. The number of amides is 1. The van der Waals surface area contributed by atoms with E-state index in [1.54, 1.807) is 17.8 Å². The zero-order chi connectivity index (χ0) is 14.6. The van der Waals surface area contributed by atoms with Crippen molar-refractivity contribution in [2.45, 2.75) is 23.5 Å². The average Bonchev–Trinajstić information content (AvgIpc) is 3.05. The van der Waals surface area contributed by atoms with Crippen LogP contribution in [0.3, 0.4) is 0 Å². The molecule has 110 valence electrons. The number of carbonyl (C=O) groups is 2. The number of thioether (sulfide) groups is 2. The van der Waals surface area contributed by atoms with Crippen molar-refractivity contribution >= 4 is 71.0 Å². The summed E-state index contributed by atoms with van der Waals surface area (Å²) < 4.78 is 2.10. The monoisotopic (exact) mass is 345 g/mol. The van der Waals surface area contributed by atoms with Gasteiger partial charge in [-0.15, -0.1) is 11.8 Å². The number of hydrogen-bond donors (Lipinski definition) is 1. The quantitative estimate of drug-likeness (QED) is 0.489. The molecule has 6 nitrogen and oxygen atoms in total. The summed E-state index contributed by atoms with van der Waals surface area (Å²) in [5.74, 6) is -0.229. The van der Waals surface area contributed by atoms with Gasteiger partial charge in [0.1, 0.15) is 11.1 Å². The van der Waals surface area contributed by atoms with E-state index >= 15 is 0 Å². The molecule has 4 rings (SSSR count). The molecule has 3 aliphatic rings. The Morgan fingerprint density at radius 2 is 2.32 bits per heavy atom. The van der Waals surface area contributed by atoms with Gasteiger partial charge in [-0.2, -0.15) is 0 Å². The van der Waals surface area contributed by atoms with E-state index in [1.165, 1.54) is 22.1 Å². The minimum absolute atomic E-state index is 0. The van der Waals surface area contributed by atoms with Crippen LogP contribution < -0.4 is 0 Å². The third-order valence-electron chi connectivity index (χ3n) is 3.59. The number of aliphatic carboxylic acids is 1. The maximum atomic E-state index is 12.1. The van der Waals surface area contributed by atoms with Crippen LogP contribution in [0.2, 0.25) is 0 Å². The number of aryl methyl sites for hydroxylation is 1. The van der Waals surface area contributed by atoms with E-state index in [4.69, 9.17) is 5.11 Å². The van der Waals surface area contributed by atoms with Gasteiger partial charge in [-0.1, -0.05) is 11.8 Å². The molecule has 3 aliphatic heterocycles. The van der Waals surface area contributed by atoms with Crippen LogP contribution in [0.15, 0.2) is 28.0 Å². The van der Waals surface area contributed by atoms with Crippen LogP contribution in [0.25, 0.3) is 6.08 Å². The average molecular weight is 345 g/mol. The van der Waals surface area contributed by atoms with Crippen molar-refractivity contribution in [1.82, 2.24) is 14.5 Å². The Balaban J connectivity index is 0.00000144. The first kappa shape index (κ1) is 16.2. The summed E-state index contributed by atoms with van der Waals surface area (Å²) in [6.45, 7) is 0.960. The number of imidazole rings is 1. The second-order valence-corrected chi connectivity index (χ2v) is 6.93. The molecule has 1 aromatic heterocycles. The van der Waals surface area contributed by atoms with Gasteiger partial charge in [-0.3, -0.25) is 9.69 Å². The Kier molecular flexibility index (Phi) is 4.48. The van der Waals surface area contributed by atoms with E-state index in [1.807, 2.05) is 6.20 Å². The summed E-state index contributed by atoms with van der Waals surface area (Å²) in [5.41, 5.74) is 1.45. The van der Waals surface area contributed by atoms with E-state index in [-0.39, 0.29) is 46.5 Å². The summed E-state index contributed by atoms with van der Waals surface area (Å²) >= 11 is 3.07. The number of carboxylic acid groups (broad SMARTS) is 1. The van der Waals surface area contributed by atoms with Crippen molar-refractivity contribution in [2.24, 2.45) is 0 Å².